The lowest BCUT2D eigenvalue weighted by molar-refractivity contribution is 0.0828. The highest BCUT2D eigenvalue weighted by atomic mass is 16.3. The summed E-state index contributed by atoms with van der Waals surface area (Å²) in [5.41, 5.74) is 6.03. The quantitative estimate of drug-likeness (QED) is 0.317. The topological polar surface area (TPSA) is 42.5 Å². The van der Waals surface area contributed by atoms with Gasteiger partial charge in [-0.3, -0.25) is 0 Å². The Morgan fingerprint density at radius 1 is 1.14 bits per heavy atom. The molecule has 2 aromatic rings. The van der Waals surface area contributed by atoms with Crippen LogP contribution in [0.5, 0.6) is 0 Å². The van der Waals surface area contributed by atoms with Gasteiger partial charge in [0.15, 0.2) is 0 Å². The lowest BCUT2D eigenvalue weighted by Crippen LogP contribution is -2.48. The minimum Gasteiger partial charge on any atom is -0.513 e. The van der Waals surface area contributed by atoms with Crippen LogP contribution < -0.4 is 0 Å². The van der Waals surface area contributed by atoms with Gasteiger partial charge in [0.2, 0.25) is 0 Å². The molecule has 190 valence electrons. The van der Waals surface area contributed by atoms with Crippen LogP contribution in [0.2, 0.25) is 0 Å². The summed E-state index contributed by atoms with van der Waals surface area (Å²) in [4.78, 5) is 9.06. The molecule has 4 nitrogen and oxygen atoms in total. The first-order chi connectivity index (χ1) is 16.9. The second-order valence-corrected chi connectivity index (χ2v) is 11.0. The van der Waals surface area contributed by atoms with Gasteiger partial charge in [-0.25, -0.2) is 0 Å². The van der Waals surface area contributed by atoms with E-state index in [0.717, 1.165) is 29.6 Å². The van der Waals surface area contributed by atoms with Crippen LogP contribution in [0.25, 0.3) is 16.5 Å². The van der Waals surface area contributed by atoms with Gasteiger partial charge in [-0.1, -0.05) is 45.6 Å². The number of aliphatic hydroxyl groups is 1. The van der Waals surface area contributed by atoms with Crippen molar-refractivity contribution >= 4 is 16.5 Å². The standard InChI is InChI=1S/C31H45N3O/c1-6-8-26(19-23(5)35)31-28(7-2)29-20-25(9-10-30(29)32-31)24-11-17-34(18-12-24)27-13-15-33(16-14-27)21-22(3)4/h6,8-10,19-20,22,24,27,32,35H,1,7,11-18,21H2,2-5H3/b23-19+,26-8+. The molecule has 0 bridgehead atoms. The molecule has 35 heavy (non-hydrogen) atoms. The number of aryl methyl sites for hydroxylation is 1. The predicted octanol–water partition coefficient (Wildman–Crippen LogP) is 7.06. The summed E-state index contributed by atoms with van der Waals surface area (Å²) < 4.78 is 0. The van der Waals surface area contributed by atoms with Crippen molar-refractivity contribution in [3.8, 4) is 0 Å². The minimum atomic E-state index is 0.303. The molecule has 0 aliphatic carbocycles. The molecule has 2 fully saturated rings. The maximum absolute atomic E-state index is 9.89. The van der Waals surface area contributed by atoms with Crippen LogP contribution in [0.4, 0.5) is 0 Å². The van der Waals surface area contributed by atoms with Crippen molar-refractivity contribution in [2.24, 2.45) is 5.92 Å². The van der Waals surface area contributed by atoms with E-state index >= 15 is 0 Å². The lowest BCUT2D eigenvalue weighted by atomic mass is 9.87. The maximum atomic E-state index is 9.89. The van der Waals surface area contributed by atoms with Gasteiger partial charge in [0.05, 0.1) is 5.76 Å². The van der Waals surface area contributed by atoms with Crippen LogP contribution in [0.15, 0.2) is 48.8 Å². The Kier molecular flexibility index (Phi) is 8.56. The average molecular weight is 476 g/mol. The van der Waals surface area contributed by atoms with Gasteiger partial charge in [0.25, 0.3) is 0 Å². The number of nitrogens with zero attached hydrogens (tertiary/aromatic N) is 2. The molecular weight excluding hydrogens is 430 g/mol. The molecule has 2 N–H and O–H groups in total. The van der Waals surface area contributed by atoms with Crippen molar-refractivity contribution in [1.82, 2.24) is 14.8 Å². The molecule has 1 aromatic heterocycles. The molecular formula is C31H45N3O. The number of aliphatic hydroxyl groups excluding tert-OH is 1. The van der Waals surface area contributed by atoms with Crippen molar-refractivity contribution in [1.29, 1.82) is 0 Å². The van der Waals surface area contributed by atoms with E-state index in [1.165, 1.54) is 80.4 Å². The van der Waals surface area contributed by atoms with Crippen LogP contribution in [0.3, 0.4) is 0 Å². The molecule has 0 unspecified atom stereocenters. The van der Waals surface area contributed by atoms with Crippen LogP contribution in [0, 0.1) is 5.92 Å². The van der Waals surface area contributed by atoms with Crippen molar-refractivity contribution < 1.29 is 5.11 Å². The van der Waals surface area contributed by atoms with E-state index in [2.05, 4.69) is 60.3 Å². The molecule has 0 spiro atoms. The minimum absolute atomic E-state index is 0.303. The van der Waals surface area contributed by atoms with Gasteiger partial charge < -0.3 is 19.9 Å². The van der Waals surface area contributed by atoms with E-state index in [1.807, 2.05) is 12.2 Å². The Hall–Kier alpha value is -2.30. The average Bonchev–Trinajstić information content (AvgIpc) is 3.21. The Labute approximate surface area is 212 Å². The molecule has 0 saturated carbocycles. The molecule has 3 heterocycles. The largest absolute Gasteiger partial charge is 0.513 e. The smallest absolute Gasteiger partial charge is 0.0898 e. The fourth-order valence-electron chi connectivity index (χ4n) is 6.27. The third-order valence-electron chi connectivity index (χ3n) is 7.93. The van der Waals surface area contributed by atoms with E-state index in [-0.39, 0.29) is 0 Å². The second kappa shape index (κ2) is 11.6. The number of hydrogen-bond donors (Lipinski definition) is 2. The molecule has 2 aliphatic rings. The Morgan fingerprint density at radius 3 is 2.46 bits per heavy atom. The van der Waals surface area contributed by atoms with Gasteiger partial charge in [-0.2, -0.15) is 0 Å². The van der Waals surface area contributed by atoms with Gasteiger partial charge in [-0.05, 0) is 106 Å². The number of H-pyrrole nitrogens is 1. The van der Waals surface area contributed by atoms with Crippen molar-refractivity contribution in [2.75, 3.05) is 32.7 Å². The zero-order valence-corrected chi connectivity index (χ0v) is 22.3. The summed E-state index contributed by atoms with van der Waals surface area (Å²) in [7, 11) is 0. The molecule has 4 heteroatoms. The van der Waals surface area contributed by atoms with E-state index in [4.69, 9.17) is 0 Å². The Morgan fingerprint density at radius 2 is 1.86 bits per heavy atom. The normalized spacial score (nSPS) is 20.3. The molecule has 4 rings (SSSR count). The fraction of sp³-hybridized carbons (Fsp3) is 0.548. The highest BCUT2D eigenvalue weighted by Gasteiger charge is 2.29. The second-order valence-electron chi connectivity index (χ2n) is 11.0. The number of likely N-dealkylation sites (tertiary alicyclic amines) is 2. The van der Waals surface area contributed by atoms with Gasteiger partial charge >= 0.3 is 0 Å². The number of nitrogens with one attached hydrogen (secondary N) is 1. The van der Waals surface area contributed by atoms with Crippen molar-refractivity contribution in [3.05, 3.63) is 65.6 Å². The monoisotopic (exact) mass is 475 g/mol. The zero-order valence-electron chi connectivity index (χ0n) is 22.3. The molecule has 0 atom stereocenters. The first-order valence-corrected chi connectivity index (χ1v) is 13.7. The summed E-state index contributed by atoms with van der Waals surface area (Å²) in [6.45, 7) is 18.7. The summed E-state index contributed by atoms with van der Waals surface area (Å²) in [6.07, 6.45) is 11.7. The number of fused-ring (bicyclic) bond motifs is 1. The molecule has 2 aliphatic heterocycles. The van der Waals surface area contributed by atoms with E-state index in [0.29, 0.717) is 11.7 Å². The number of aromatic amines is 1. The maximum Gasteiger partial charge on any atom is 0.0898 e. The number of aromatic nitrogens is 1. The van der Waals surface area contributed by atoms with Crippen LogP contribution in [-0.4, -0.2) is 58.7 Å². The predicted molar refractivity (Wildman–Crippen MR) is 150 cm³/mol. The van der Waals surface area contributed by atoms with Crippen LogP contribution in [-0.2, 0) is 6.42 Å². The van der Waals surface area contributed by atoms with Crippen LogP contribution in [0.1, 0.15) is 76.1 Å². The lowest BCUT2D eigenvalue weighted by Gasteiger charge is -2.42. The first-order valence-electron chi connectivity index (χ1n) is 13.7. The fourth-order valence-corrected chi connectivity index (χ4v) is 6.27. The zero-order chi connectivity index (χ0) is 24.9. The molecule has 2 saturated heterocycles. The third kappa shape index (κ3) is 6.10. The summed E-state index contributed by atoms with van der Waals surface area (Å²) in [5.74, 6) is 1.71. The highest BCUT2D eigenvalue weighted by Crippen LogP contribution is 2.35. The molecule has 0 radical (unpaired) electrons. The number of rotatable bonds is 8. The third-order valence-corrected chi connectivity index (χ3v) is 7.93. The van der Waals surface area contributed by atoms with Crippen LogP contribution >= 0.6 is 0 Å². The van der Waals surface area contributed by atoms with Crippen molar-refractivity contribution in [3.63, 3.8) is 0 Å². The number of hydrogen-bond acceptors (Lipinski definition) is 3. The SMILES string of the molecule is C=C/C=C(\C=C(/C)O)c1[nH]c2ccc(C3CCN(C4CCN(CC(C)C)CC4)CC3)cc2c1CC. The van der Waals surface area contributed by atoms with Gasteiger partial charge in [-0.15, -0.1) is 0 Å². The molecule has 0 amide bonds. The summed E-state index contributed by atoms with van der Waals surface area (Å²) in [6, 6.07) is 7.79. The van der Waals surface area contributed by atoms with E-state index in [1.54, 1.807) is 13.0 Å². The van der Waals surface area contributed by atoms with Crippen molar-refractivity contribution in [2.45, 2.75) is 71.8 Å². The first kappa shape index (κ1) is 25.8. The number of allylic oxidation sites excluding steroid dienone is 5. The highest BCUT2D eigenvalue weighted by molar-refractivity contribution is 5.92. The Bertz CT molecular complexity index is 1060. The van der Waals surface area contributed by atoms with Gasteiger partial charge in [0, 0.05) is 34.8 Å². The van der Waals surface area contributed by atoms with E-state index in [9.17, 15) is 5.11 Å². The summed E-state index contributed by atoms with van der Waals surface area (Å²) >= 11 is 0. The number of benzene rings is 1. The Balaban J connectivity index is 1.45. The number of piperidine rings is 2. The molecule has 1 aromatic carbocycles. The van der Waals surface area contributed by atoms with Gasteiger partial charge in [0.1, 0.15) is 0 Å². The van der Waals surface area contributed by atoms with E-state index < -0.39 is 0 Å². The summed E-state index contributed by atoms with van der Waals surface area (Å²) in [5, 5.41) is 11.2.